The fraction of sp³-hybridized carbons (Fsp3) is 0.350. The highest BCUT2D eigenvalue weighted by atomic mass is 32.2. The van der Waals surface area contributed by atoms with Crippen LogP contribution in [0.2, 0.25) is 0 Å². The fourth-order valence-corrected chi connectivity index (χ4v) is 6.13. The zero-order valence-corrected chi connectivity index (χ0v) is 18.1. The number of nitrogens with zero attached hydrogens (tertiary/aromatic N) is 3. The average Bonchev–Trinajstić information content (AvgIpc) is 2.81. The van der Waals surface area contributed by atoms with E-state index in [4.69, 9.17) is 0 Å². The highest BCUT2D eigenvalue weighted by Crippen LogP contribution is 2.44. The molecule has 2 fully saturated rings. The molecular formula is C20H21N5O4S2. The Morgan fingerprint density at radius 2 is 2.10 bits per heavy atom. The van der Waals surface area contributed by atoms with Gasteiger partial charge in [-0.1, -0.05) is 30.3 Å². The van der Waals surface area contributed by atoms with Gasteiger partial charge in [-0.25, -0.2) is 9.78 Å². The van der Waals surface area contributed by atoms with Crippen molar-refractivity contribution in [3.8, 4) is 0 Å². The van der Waals surface area contributed by atoms with E-state index in [-0.39, 0.29) is 23.6 Å². The Kier molecular flexibility index (Phi) is 6.33. The summed E-state index contributed by atoms with van der Waals surface area (Å²) < 4.78 is 0. The molecule has 3 atom stereocenters. The number of rotatable bonds is 7. The maximum atomic E-state index is 12.6. The first-order valence-corrected chi connectivity index (χ1v) is 11.6. The minimum atomic E-state index is -1.08. The van der Waals surface area contributed by atoms with Gasteiger partial charge in [0.05, 0.1) is 6.20 Å². The largest absolute Gasteiger partial charge is 0.481 e. The number of nitrogens with one attached hydrogen (secondary N) is 2. The zero-order chi connectivity index (χ0) is 21.8. The Bertz CT molecular complexity index is 965. The monoisotopic (exact) mass is 459 g/mol. The number of benzene rings is 1. The molecular weight excluding hydrogens is 438 g/mol. The van der Waals surface area contributed by atoms with Gasteiger partial charge in [0.2, 0.25) is 5.91 Å². The topological polar surface area (TPSA) is 125 Å². The first-order valence-electron chi connectivity index (χ1n) is 9.61. The van der Waals surface area contributed by atoms with E-state index < -0.39 is 23.5 Å². The van der Waals surface area contributed by atoms with Gasteiger partial charge >= 0.3 is 12.0 Å². The van der Waals surface area contributed by atoms with Crippen molar-refractivity contribution in [2.24, 2.45) is 5.41 Å². The molecule has 162 valence electrons. The number of thioether (sulfide) groups is 2. The summed E-state index contributed by atoms with van der Waals surface area (Å²) in [5, 5.41) is 15.7. The van der Waals surface area contributed by atoms with Crippen molar-refractivity contribution < 1.29 is 19.5 Å². The summed E-state index contributed by atoms with van der Waals surface area (Å²) in [7, 11) is 0. The summed E-state index contributed by atoms with van der Waals surface area (Å²) in [6, 6.07) is 8.40. The minimum absolute atomic E-state index is 0.107. The van der Waals surface area contributed by atoms with Crippen LogP contribution in [0, 0.1) is 5.41 Å². The van der Waals surface area contributed by atoms with Crippen molar-refractivity contribution in [3.63, 3.8) is 0 Å². The summed E-state index contributed by atoms with van der Waals surface area (Å²) >= 11 is 2.70. The number of carboxylic acid groups (broad SMARTS) is 1. The fourth-order valence-electron chi connectivity index (χ4n) is 3.45. The molecule has 1 aromatic heterocycles. The molecule has 2 aliphatic heterocycles. The second kappa shape index (κ2) is 9.15. The molecule has 2 saturated heterocycles. The molecule has 9 nitrogen and oxygen atoms in total. The van der Waals surface area contributed by atoms with Crippen LogP contribution in [0.1, 0.15) is 5.56 Å². The number of fused-ring (bicyclic) bond motifs is 1. The smallest absolute Gasteiger partial charge is 0.315 e. The second-order valence-electron chi connectivity index (χ2n) is 7.38. The van der Waals surface area contributed by atoms with Gasteiger partial charge < -0.3 is 20.6 Å². The van der Waals surface area contributed by atoms with Gasteiger partial charge in [0.25, 0.3) is 0 Å². The van der Waals surface area contributed by atoms with Crippen molar-refractivity contribution in [3.05, 3.63) is 54.5 Å². The van der Waals surface area contributed by atoms with E-state index in [1.807, 2.05) is 30.3 Å². The lowest BCUT2D eigenvalue weighted by Crippen LogP contribution is -2.74. The van der Waals surface area contributed by atoms with Gasteiger partial charge in [0, 0.05) is 37.0 Å². The van der Waals surface area contributed by atoms with Crippen LogP contribution < -0.4 is 10.6 Å². The molecule has 3 heterocycles. The number of aliphatic carboxylic acids is 1. The first-order chi connectivity index (χ1) is 15.0. The number of urea groups is 1. The molecule has 0 saturated carbocycles. The molecule has 2 aliphatic rings. The lowest BCUT2D eigenvalue weighted by molar-refractivity contribution is -0.156. The quantitative estimate of drug-likeness (QED) is 0.420. The van der Waals surface area contributed by atoms with Crippen molar-refractivity contribution in [2.45, 2.75) is 23.0 Å². The number of carbonyl (C=O) groups is 3. The lowest BCUT2D eigenvalue weighted by Gasteiger charge is -2.53. The summed E-state index contributed by atoms with van der Waals surface area (Å²) in [6.07, 6.45) is 4.70. The predicted molar refractivity (Wildman–Crippen MR) is 116 cm³/mol. The number of hydrogen-bond acceptors (Lipinski definition) is 7. The number of amides is 3. The third kappa shape index (κ3) is 4.62. The molecule has 4 rings (SSSR count). The van der Waals surface area contributed by atoms with Gasteiger partial charge in [-0.3, -0.25) is 14.6 Å². The van der Waals surface area contributed by atoms with E-state index in [0.717, 1.165) is 5.56 Å². The Labute approximate surface area is 187 Å². The summed E-state index contributed by atoms with van der Waals surface area (Å²) in [6.45, 7) is 0.465. The maximum Gasteiger partial charge on any atom is 0.315 e. The Morgan fingerprint density at radius 3 is 2.81 bits per heavy atom. The van der Waals surface area contributed by atoms with Crippen molar-refractivity contribution in [2.75, 3.05) is 18.1 Å². The lowest BCUT2D eigenvalue weighted by atomic mass is 9.89. The third-order valence-corrected chi connectivity index (χ3v) is 8.01. The third-order valence-electron chi connectivity index (χ3n) is 5.22. The molecule has 11 heteroatoms. The zero-order valence-electron chi connectivity index (χ0n) is 16.4. The van der Waals surface area contributed by atoms with Gasteiger partial charge in [0.1, 0.15) is 21.9 Å². The van der Waals surface area contributed by atoms with E-state index in [1.54, 1.807) is 23.5 Å². The van der Waals surface area contributed by atoms with Gasteiger partial charge in [-0.05, 0) is 5.56 Å². The van der Waals surface area contributed by atoms with Gasteiger partial charge in [-0.2, -0.15) is 0 Å². The van der Waals surface area contributed by atoms with Gasteiger partial charge in [0.15, 0.2) is 0 Å². The Hall–Kier alpha value is -2.79. The van der Waals surface area contributed by atoms with Crippen LogP contribution in [-0.2, 0) is 16.1 Å². The number of aromatic nitrogens is 2. The summed E-state index contributed by atoms with van der Waals surface area (Å²) in [5.41, 5.74) is -0.127. The standard InChI is InChI=1S/C20H21N5O4S2/c26-16-15(24-19(29)23-8-13-4-2-1-3-5-13)17-25(16)10-20(12-31-17,18(27)28)11-30-14-9-21-6-7-22-14/h1-7,9,15,17H,8,10-12H2,(H,27,28)(H2,23,24,29)/t15?,17-,20?/m1/s1. The molecule has 3 amide bonds. The van der Waals surface area contributed by atoms with E-state index in [1.165, 1.54) is 23.5 Å². The van der Waals surface area contributed by atoms with Crippen LogP contribution in [-0.4, -0.2) is 67.3 Å². The van der Waals surface area contributed by atoms with Crippen LogP contribution >= 0.6 is 23.5 Å². The minimum Gasteiger partial charge on any atom is -0.481 e. The number of hydrogen-bond donors (Lipinski definition) is 3. The molecule has 0 bridgehead atoms. The predicted octanol–water partition coefficient (Wildman–Crippen LogP) is 1.42. The Balaban J connectivity index is 1.32. The van der Waals surface area contributed by atoms with Crippen LogP contribution in [0.5, 0.6) is 0 Å². The van der Waals surface area contributed by atoms with Crippen LogP contribution in [0.3, 0.4) is 0 Å². The van der Waals surface area contributed by atoms with Crippen molar-refractivity contribution >= 4 is 41.4 Å². The SMILES string of the molecule is O=C(NCc1ccccc1)NC1C(=O)N2CC(CSc3cnccn3)(C(=O)O)CS[C@H]12. The number of carbonyl (C=O) groups excluding carboxylic acids is 2. The Morgan fingerprint density at radius 1 is 1.29 bits per heavy atom. The highest BCUT2D eigenvalue weighted by Gasteiger charge is 2.57. The molecule has 2 unspecified atom stereocenters. The summed E-state index contributed by atoms with van der Waals surface area (Å²) in [4.78, 5) is 46.6. The van der Waals surface area contributed by atoms with Crippen LogP contribution in [0.25, 0.3) is 0 Å². The van der Waals surface area contributed by atoms with E-state index in [9.17, 15) is 19.5 Å². The van der Waals surface area contributed by atoms with E-state index >= 15 is 0 Å². The van der Waals surface area contributed by atoms with Crippen molar-refractivity contribution in [1.82, 2.24) is 25.5 Å². The molecule has 2 aromatic rings. The number of carboxylic acids is 1. The molecule has 0 aliphatic carbocycles. The summed E-state index contributed by atoms with van der Waals surface area (Å²) in [5.74, 6) is -0.588. The highest BCUT2D eigenvalue weighted by molar-refractivity contribution is 8.00. The molecule has 31 heavy (non-hydrogen) atoms. The molecule has 3 N–H and O–H groups in total. The first kappa shape index (κ1) is 21.4. The maximum absolute atomic E-state index is 12.6. The normalized spacial score (nSPS) is 24.6. The van der Waals surface area contributed by atoms with Gasteiger partial charge in [-0.15, -0.1) is 23.5 Å². The van der Waals surface area contributed by atoms with E-state index in [0.29, 0.717) is 17.3 Å². The molecule has 1 aromatic carbocycles. The molecule has 0 radical (unpaired) electrons. The van der Waals surface area contributed by atoms with Crippen LogP contribution in [0.4, 0.5) is 4.79 Å². The average molecular weight is 460 g/mol. The molecule has 0 spiro atoms. The van der Waals surface area contributed by atoms with E-state index in [2.05, 4.69) is 20.6 Å². The van der Waals surface area contributed by atoms with Crippen LogP contribution in [0.15, 0.2) is 53.9 Å². The second-order valence-corrected chi connectivity index (χ2v) is 9.48. The van der Waals surface area contributed by atoms with Crippen molar-refractivity contribution in [1.29, 1.82) is 0 Å². The number of β-lactam (4-membered cyclic amide) rings is 1.